The van der Waals surface area contributed by atoms with Gasteiger partial charge in [0.25, 0.3) is 0 Å². The molecule has 38 heavy (non-hydrogen) atoms. The fraction of sp³-hybridized carbons (Fsp3) is 0.333. The van der Waals surface area contributed by atoms with Crippen LogP contribution < -0.4 is 35.6 Å². The van der Waals surface area contributed by atoms with Gasteiger partial charge in [0.2, 0.25) is 23.0 Å². The molecule has 0 bridgehead atoms. The van der Waals surface area contributed by atoms with Crippen molar-refractivity contribution < 1.29 is 23.8 Å². The van der Waals surface area contributed by atoms with Gasteiger partial charge in [-0.05, 0) is 47.7 Å². The maximum absolute atomic E-state index is 13.3. The number of anilines is 2. The molecule has 3 N–H and O–H groups in total. The minimum Gasteiger partial charge on any atom is -0.493 e. The quantitative estimate of drug-likeness (QED) is 0.412. The molecule has 4 rings (SSSR count). The van der Waals surface area contributed by atoms with Crippen LogP contribution in [0.15, 0.2) is 41.5 Å². The van der Waals surface area contributed by atoms with Crippen LogP contribution in [0, 0.1) is 0 Å². The van der Waals surface area contributed by atoms with Gasteiger partial charge in [-0.3, -0.25) is 19.1 Å². The second-order valence-electron chi connectivity index (χ2n) is 8.90. The predicted octanol–water partition coefficient (Wildman–Crippen LogP) is 2.65. The van der Waals surface area contributed by atoms with Gasteiger partial charge in [0.05, 0.1) is 51.5 Å². The number of aromatic nitrogens is 2. The summed E-state index contributed by atoms with van der Waals surface area (Å²) in [5.41, 5.74) is 3.50. The third-order valence-electron chi connectivity index (χ3n) is 6.34. The Bertz CT molecular complexity index is 1430. The number of rotatable bonds is 8. The Morgan fingerprint density at radius 3 is 2.50 bits per heavy atom. The second-order valence-corrected chi connectivity index (χ2v) is 8.90. The SMILES string of the molecule is COc1cc2c(c(OC)c1OC)-c1ccc(NCC(=O)Nc3cnn(C)c3)c(=O)cc1C(NC(C)=O)CC2. The molecule has 0 saturated carbocycles. The largest absolute Gasteiger partial charge is 0.493 e. The van der Waals surface area contributed by atoms with Crippen LogP contribution in [0.5, 0.6) is 17.2 Å². The smallest absolute Gasteiger partial charge is 0.243 e. The molecule has 2 amide bonds. The van der Waals surface area contributed by atoms with Crippen LogP contribution >= 0.6 is 0 Å². The molecule has 1 unspecified atom stereocenters. The maximum Gasteiger partial charge on any atom is 0.243 e. The number of amides is 2. The molecular weight excluding hydrogens is 490 g/mol. The second kappa shape index (κ2) is 11.2. The molecule has 2 aromatic carbocycles. The Morgan fingerprint density at radius 2 is 1.87 bits per heavy atom. The van der Waals surface area contributed by atoms with E-state index in [9.17, 15) is 14.4 Å². The van der Waals surface area contributed by atoms with Crippen molar-refractivity contribution in [2.45, 2.75) is 25.8 Å². The van der Waals surface area contributed by atoms with E-state index in [0.29, 0.717) is 46.9 Å². The fourth-order valence-electron chi connectivity index (χ4n) is 4.72. The number of carbonyl (C=O) groups excluding carboxylic acids is 2. The molecule has 0 radical (unpaired) electrons. The van der Waals surface area contributed by atoms with Crippen molar-refractivity contribution in [1.29, 1.82) is 0 Å². The Morgan fingerprint density at radius 1 is 1.11 bits per heavy atom. The molecule has 1 aromatic heterocycles. The molecule has 200 valence electrons. The highest BCUT2D eigenvalue weighted by Gasteiger charge is 2.29. The standard InChI is InChI=1S/C27H31N5O6/c1-15(33)30-20-8-6-16-10-23(36-3)26(37-4)27(38-5)25(16)18-7-9-21(22(34)11-19(18)20)28-13-24(35)31-17-12-29-32(2)14-17/h7,9-12,14,20H,6,8,13H2,1-5H3,(H,28,34)(H,30,33)(H,31,35). The zero-order valence-electron chi connectivity index (χ0n) is 22.0. The zero-order valence-corrected chi connectivity index (χ0v) is 22.0. The molecule has 1 aliphatic carbocycles. The van der Waals surface area contributed by atoms with Gasteiger partial charge in [-0.25, -0.2) is 0 Å². The van der Waals surface area contributed by atoms with Crippen molar-refractivity contribution in [3.05, 3.63) is 58.0 Å². The normalized spacial score (nSPS) is 13.9. The van der Waals surface area contributed by atoms with Gasteiger partial charge in [0.1, 0.15) is 0 Å². The van der Waals surface area contributed by atoms with E-state index in [1.54, 1.807) is 44.3 Å². The number of aryl methyl sites for hydroxylation is 2. The summed E-state index contributed by atoms with van der Waals surface area (Å²) < 4.78 is 18.5. The lowest BCUT2D eigenvalue weighted by atomic mass is 9.95. The van der Waals surface area contributed by atoms with Gasteiger partial charge in [0.15, 0.2) is 11.5 Å². The molecule has 0 aliphatic heterocycles. The number of carbonyl (C=O) groups is 2. The van der Waals surface area contributed by atoms with Gasteiger partial charge < -0.3 is 30.2 Å². The molecule has 11 heteroatoms. The molecular formula is C27H31N5O6. The van der Waals surface area contributed by atoms with E-state index in [1.807, 2.05) is 6.07 Å². The first kappa shape index (κ1) is 26.5. The van der Waals surface area contributed by atoms with E-state index in [-0.39, 0.29) is 29.5 Å². The van der Waals surface area contributed by atoms with Crippen LogP contribution in [0.3, 0.4) is 0 Å². The van der Waals surface area contributed by atoms with Crippen molar-refractivity contribution in [3.8, 4) is 28.4 Å². The summed E-state index contributed by atoms with van der Waals surface area (Å²) in [7, 11) is 6.38. The molecule has 0 saturated heterocycles. The lowest BCUT2D eigenvalue weighted by Gasteiger charge is -2.19. The summed E-state index contributed by atoms with van der Waals surface area (Å²) in [6.45, 7) is 1.32. The van der Waals surface area contributed by atoms with Crippen LogP contribution in [-0.2, 0) is 23.1 Å². The lowest BCUT2D eigenvalue weighted by Crippen LogP contribution is -2.27. The summed E-state index contributed by atoms with van der Waals surface area (Å²) in [6.07, 6.45) is 4.36. The van der Waals surface area contributed by atoms with Crippen LogP contribution in [0.25, 0.3) is 11.1 Å². The molecule has 1 atom stereocenters. The van der Waals surface area contributed by atoms with Crippen LogP contribution in [0.1, 0.15) is 30.5 Å². The van der Waals surface area contributed by atoms with Gasteiger partial charge >= 0.3 is 0 Å². The van der Waals surface area contributed by atoms with E-state index in [0.717, 1.165) is 11.1 Å². The molecule has 11 nitrogen and oxygen atoms in total. The number of nitrogens with zero attached hydrogens (tertiary/aromatic N) is 2. The Hall–Kier alpha value is -4.54. The number of benzene rings is 1. The summed E-state index contributed by atoms with van der Waals surface area (Å²) in [5.74, 6) is 0.880. The van der Waals surface area contributed by atoms with E-state index in [1.165, 1.54) is 26.3 Å². The summed E-state index contributed by atoms with van der Waals surface area (Å²) >= 11 is 0. The molecule has 1 heterocycles. The Balaban J connectivity index is 1.79. The molecule has 0 fully saturated rings. The first-order valence-electron chi connectivity index (χ1n) is 12.1. The highest BCUT2D eigenvalue weighted by atomic mass is 16.5. The monoisotopic (exact) mass is 521 g/mol. The van der Waals surface area contributed by atoms with E-state index in [4.69, 9.17) is 14.2 Å². The van der Waals surface area contributed by atoms with Gasteiger partial charge in [-0.15, -0.1) is 0 Å². The number of methoxy groups -OCH3 is 3. The van der Waals surface area contributed by atoms with Crippen LogP contribution in [0.2, 0.25) is 0 Å². The zero-order chi connectivity index (χ0) is 27.4. The van der Waals surface area contributed by atoms with Gasteiger partial charge in [-0.2, -0.15) is 5.10 Å². The van der Waals surface area contributed by atoms with Crippen molar-refractivity contribution in [3.63, 3.8) is 0 Å². The van der Waals surface area contributed by atoms with E-state index < -0.39 is 6.04 Å². The topological polar surface area (TPSA) is 133 Å². The highest BCUT2D eigenvalue weighted by molar-refractivity contribution is 5.93. The van der Waals surface area contributed by atoms with Crippen molar-refractivity contribution >= 4 is 23.2 Å². The predicted molar refractivity (Wildman–Crippen MR) is 143 cm³/mol. The minimum atomic E-state index is -0.418. The Labute approximate surface area is 220 Å². The minimum absolute atomic E-state index is 0.126. The third kappa shape index (κ3) is 5.41. The number of ether oxygens (including phenoxy) is 3. The van der Waals surface area contributed by atoms with Crippen LogP contribution in [0.4, 0.5) is 11.4 Å². The van der Waals surface area contributed by atoms with Gasteiger partial charge in [0, 0.05) is 25.7 Å². The van der Waals surface area contributed by atoms with E-state index in [2.05, 4.69) is 21.0 Å². The number of hydrogen-bond donors (Lipinski definition) is 3. The van der Waals surface area contributed by atoms with Crippen molar-refractivity contribution in [1.82, 2.24) is 15.1 Å². The third-order valence-corrected chi connectivity index (χ3v) is 6.34. The fourth-order valence-corrected chi connectivity index (χ4v) is 4.72. The highest BCUT2D eigenvalue weighted by Crippen LogP contribution is 2.50. The summed E-state index contributed by atoms with van der Waals surface area (Å²) in [4.78, 5) is 37.8. The number of nitrogens with one attached hydrogen (secondary N) is 3. The summed E-state index contributed by atoms with van der Waals surface area (Å²) in [6, 6.07) is 6.41. The van der Waals surface area contributed by atoms with Crippen LogP contribution in [-0.4, -0.2) is 49.5 Å². The molecule has 3 aromatic rings. The summed E-state index contributed by atoms with van der Waals surface area (Å²) in [5, 5.41) is 12.7. The van der Waals surface area contributed by atoms with Gasteiger partial charge in [-0.1, -0.05) is 6.07 Å². The Kier molecular flexibility index (Phi) is 7.85. The van der Waals surface area contributed by atoms with E-state index >= 15 is 0 Å². The number of hydrogen-bond acceptors (Lipinski definition) is 8. The van der Waals surface area contributed by atoms with Crippen molar-refractivity contribution in [2.24, 2.45) is 7.05 Å². The first-order valence-corrected chi connectivity index (χ1v) is 12.1. The van der Waals surface area contributed by atoms with Crippen molar-refractivity contribution in [2.75, 3.05) is 38.5 Å². The average molecular weight is 522 g/mol. The molecule has 1 aliphatic rings. The lowest BCUT2D eigenvalue weighted by molar-refractivity contribution is -0.119. The average Bonchev–Trinajstić information content (AvgIpc) is 3.15. The first-order chi connectivity index (χ1) is 18.2. The molecule has 0 spiro atoms. The maximum atomic E-state index is 13.3. The number of fused-ring (bicyclic) bond motifs is 3.